The van der Waals surface area contributed by atoms with Gasteiger partial charge in [-0.05, 0) is 27.7 Å². The van der Waals surface area contributed by atoms with Crippen molar-refractivity contribution in [1.29, 1.82) is 0 Å². The lowest BCUT2D eigenvalue weighted by Gasteiger charge is -2.14. The molecule has 0 aliphatic carbocycles. The Labute approximate surface area is 94.8 Å². The summed E-state index contributed by atoms with van der Waals surface area (Å²) < 4.78 is 10.3. The van der Waals surface area contributed by atoms with Crippen LogP contribution in [0.3, 0.4) is 0 Å². The second kappa shape index (κ2) is 5.44. The first-order valence-corrected chi connectivity index (χ1v) is 5.17. The fourth-order valence-electron chi connectivity index (χ4n) is 1.11. The molecule has 0 saturated carbocycles. The first-order valence-electron chi connectivity index (χ1n) is 5.17. The van der Waals surface area contributed by atoms with Crippen molar-refractivity contribution in [1.82, 2.24) is 9.97 Å². The molecule has 0 spiro atoms. The number of hydrogen-bond donors (Lipinski definition) is 0. The smallest absolute Gasteiger partial charge is 0.347 e. The molecule has 5 heteroatoms. The predicted octanol–water partition coefficient (Wildman–Crippen LogP) is 1.42. The highest BCUT2D eigenvalue weighted by molar-refractivity contribution is 5.74. The monoisotopic (exact) mass is 224 g/mol. The minimum Gasteiger partial charge on any atom is -0.463 e. The summed E-state index contributed by atoms with van der Waals surface area (Å²) in [5.41, 5.74) is 1.67. The molecule has 5 nitrogen and oxygen atoms in total. The van der Waals surface area contributed by atoms with E-state index < -0.39 is 12.1 Å². The molecule has 0 aromatic carbocycles. The minimum atomic E-state index is -0.659. The molecule has 1 atom stereocenters. The first kappa shape index (κ1) is 12.4. The van der Waals surface area contributed by atoms with Crippen molar-refractivity contribution < 1.29 is 14.3 Å². The van der Waals surface area contributed by atoms with E-state index in [9.17, 15) is 4.79 Å². The molecule has 1 unspecified atom stereocenters. The molecule has 0 bridgehead atoms. The van der Waals surface area contributed by atoms with Crippen LogP contribution in [0.15, 0.2) is 6.33 Å². The lowest BCUT2D eigenvalue weighted by molar-refractivity contribution is -0.150. The highest BCUT2D eigenvalue weighted by atomic mass is 16.6. The van der Waals surface area contributed by atoms with Gasteiger partial charge in [0.1, 0.15) is 6.33 Å². The fourth-order valence-corrected chi connectivity index (χ4v) is 1.11. The maximum Gasteiger partial charge on any atom is 0.347 e. The van der Waals surface area contributed by atoms with Crippen molar-refractivity contribution in [2.45, 2.75) is 33.8 Å². The maximum absolute atomic E-state index is 11.4. The van der Waals surface area contributed by atoms with Crippen molar-refractivity contribution in [3.05, 3.63) is 17.6 Å². The Bertz CT molecular complexity index is 379. The summed E-state index contributed by atoms with van der Waals surface area (Å²) in [7, 11) is 0. The first-order chi connectivity index (χ1) is 7.56. The van der Waals surface area contributed by atoms with E-state index in [1.807, 2.05) is 13.8 Å². The molecule has 0 N–H and O–H groups in total. The third kappa shape index (κ3) is 2.92. The van der Waals surface area contributed by atoms with E-state index in [1.165, 1.54) is 6.33 Å². The highest BCUT2D eigenvalue weighted by Crippen LogP contribution is 2.16. The Morgan fingerprint density at radius 1 is 1.44 bits per heavy atom. The second-order valence-corrected chi connectivity index (χ2v) is 3.40. The number of carbonyl (C=O) groups excluding carboxylic acids is 1. The largest absolute Gasteiger partial charge is 0.463 e. The Morgan fingerprint density at radius 2 is 2.12 bits per heavy atom. The molecule has 0 amide bonds. The Kier molecular flexibility index (Phi) is 4.22. The quantitative estimate of drug-likeness (QED) is 0.724. The molecule has 0 fully saturated rings. The van der Waals surface area contributed by atoms with Gasteiger partial charge in [-0.1, -0.05) is 0 Å². The van der Waals surface area contributed by atoms with Gasteiger partial charge in [0.05, 0.1) is 6.61 Å². The van der Waals surface area contributed by atoms with E-state index in [-0.39, 0.29) is 0 Å². The third-order valence-electron chi connectivity index (χ3n) is 2.20. The Morgan fingerprint density at radius 3 is 2.75 bits per heavy atom. The maximum atomic E-state index is 11.4. The van der Waals surface area contributed by atoms with Crippen LogP contribution in [-0.4, -0.2) is 28.6 Å². The Balaban J connectivity index is 2.73. The molecular weight excluding hydrogens is 208 g/mol. The van der Waals surface area contributed by atoms with E-state index >= 15 is 0 Å². The molecule has 88 valence electrons. The van der Waals surface area contributed by atoms with Gasteiger partial charge in [0.2, 0.25) is 5.88 Å². The third-order valence-corrected chi connectivity index (χ3v) is 2.20. The van der Waals surface area contributed by atoms with Crippen molar-refractivity contribution in [3.63, 3.8) is 0 Å². The zero-order valence-electron chi connectivity index (χ0n) is 9.98. The van der Waals surface area contributed by atoms with Crippen molar-refractivity contribution in [3.8, 4) is 5.88 Å². The SMILES string of the molecule is CCOC(=O)C(C)Oc1ncnc(C)c1C. The predicted molar refractivity (Wildman–Crippen MR) is 58.2 cm³/mol. The number of nitrogens with zero attached hydrogens (tertiary/aromatic N) is 2. The zero-order chi connectivity index (χ0) is 12.1. The van der Waals surface area contributed by atoms with Crippen LogP contribution < -0.4 is 4.74 Å². The number of esters is 1. The van der Waals surface area contributed by atoms with Gasteiger partial charge >= 0.3 is 5.97 Å². The molecule has 0 radical (unpaired) electrons. The summed E-state index contributed by atoms with van der Waals surface area (Å²) in [6.45, 7) is 7.44. The average Bonchev–Trinajstić information content (AvgIpc) is 2.25. The summed E-state index contributed by atoms with van der Waals surface area (Å²) in [4.78, 5) is 19.4. The van der Waals surface area contributed by atoms with Gasteiger partial charge in [-0.2, -0.15) is 0 Å². The second-order valence-electron chi connectivity index (χ2n) is 3.40. The molecule has 1 aromatic heterocycles. The molecule has 0 aliphatic rings. The van der Waals surface area contributed by atoms with E-state index in [0.717, 1.165) is 11.3 Å². The van der Waals surface area contributed by atoms with Gasteiger partial charge < -0.3 is 9.47 Å². The Hall–Kier alpha value is -1.65. The molecule has 1 aromatic rings. The highest BCUT2D eigenvalue weighted by Gasteiger charge is 2.17. The van der Waals surface area contributed by atoms with Gasteiger partial charge in [-0.3, -0.25) is 0 Å². The van der Waals surface area contributed by atoms with Crippen LogP contribution in [0.4, 0.5) is 0 Å². The van der Waals surface area contributed by atoms with Gasteiger partial charge in [0.15, 0.2) is 6.10 Å². The standard InChI is InChI=1S/C11H16N2O3/c1-5-15-11(14)9(4)16-10-7(2)8(3)12-6-13-10/h6,9H,5H2,1-4H3. The molecular formula is C11H16N2O3. The molecule has 1 heterocycles. The van der Waals surface area contributed by atoms with Crippen LogP contribution in [0.5, 0.6) is 5.88 Å². The summed E-state index contributed by atoms with van der Waals surface area (Å²) >= 11 is 0. The van der Waals surface area contributed by atoms with Gasteiger partial charge in [0, 0.05) is 11.3 Å². The van der Waals surface area contributed by atoms with Gasteiger partial charge in [-0.15, -0.1) is 0 Å². The average molecular weight is 224 g/mol. The van der Waals surface area contributed by atoms with Crippen molar-refractivity contribution in [2.24, 2.45) is 0 Å². The van der Waals surface area contributed by atoms with E-state index in [1.54, 1.807) is 13.8 Å². The van der Waals surface area contributed by atoms with E-state index in [0.29, 0.717) is 12.5 Å². The van der Waals surface area contributed by atoms with Crippen LogP contribution in [-0.2, 0) is 9.53 Å². The van der Waals surface area contributed by atoms with Crippen LogP contribution in [0.25, 0.3) is 0 Å². The topological polar surface area (TPSA) is 61.3 Å². The molecule has 0 aliphatic heterocycles. The number of hydrogen-bond acceptors (Lipinski definition) is 5. The number of aryl methyl sites for hydroxylation is 1. The summed E-state index contributed by atoms with van der Waals surface area (Å²) in [5, 5.41) is 0. The normalized spacial score (nSPS) is 12.0. The fraction of sp³-hybridized carbons (Fsp3) is 0.545. The molecule has 16 heavy (non-hydrogen) atoms. The van der Waals surface area contributed by atoms with E-state index in [4.69, 9.17) is 9.47 Å². The number of aromatic nitrogens is 2. The summed E-state index contributed by atoms with van der Waals surface area (Å²) in [6.07, 6.45) is 0.753. The van der Waals surface area contributed by atoms with Gasteiger partial charge in [0.25, 0.3) is 0 Å². The van der Waals surface area contributed by atoms with E-state index in [2.05, 4.69) is 9.97 Å². The van der Waals surface area contributed by atoms with Crippen molar-refractivity contribution in [2.75, 3.05) is 6.61 Å². The van der Waals surface area contributed by atoms with Crippen molar-refractivity contribution >= 4 is 5.97 Å². The minimum absolute atomic E-state index is 0.342. The number of ether oxygens (including phenoxy) is 2. The number of rotatable bonds is 4. The van der Waals surface area contributed by atoms with Crippen LogP contribution in [0.2, 0.25) is 0 Å². The van der Waals surface area contributed by atoms with Gasteiger partial charge in [-0.25, -0.2) is 14.8 Å². The van der Waals surface area contributed by atoms with Crippen LogP contribution >= 0.6 is 0 Å². The van der Waals surface area contributed by atoms with Crippen LogP contribution in [0.1, 0.15) is 25.1 Å². The molecule has 0 saturated heterocycles. The molecule has 1 rings (SSSR count). The zero-order valence-corrected chi connectivity index (χ0v) is 9.98. The number of carbonyl (C=O) groups is 1. The van der Waals surface area contributed by atoms with Crippen LogP contribution in [0, 0.1) is 13.8 Å². The lowest BCUT2D eigenvalue weighted by Crippen LogP contribution is -2.26. The summed E-state index contributed by atoms with van der Waals surface area (Å²) in [6, 6.07) is 0. The summed E-state index contributed by atoms with van der Waals surface area (Å²) in [5.74, 6) is 0.0335. The lowest BCUT2D eigenvalue weighted by atomic mass is 10.2.